The molecule has 110 valence electrons. The summed E-state index contributed by atoms with van der Waals surface area (Å²) in [6, 6.07) is 2.04. The maximum absolute atomic E-state index is 12.5. The van der Waals surface area contributed by atoms with E-state index >= 15 is 0 Å². The third-order valence-corrected chi connectivity index (χ3v) is 4.35. The Kier molecular flexibility index (Phi) is 4.05. The van der Waals surface area contributed by atoms with E-state index in [1.54, 1.807) is 0 Å². The van der Waals surface area contributed by atoms with E-state index in [9.17, 15) is 4.79 Å². The molecule has 0 aromatic carbocycles. The molecule has 0 radical (unpaired) electrons. The number of likely N-dealkylation sites (tertiary alicyclic amines) is 1. The molecule has 2 saturated heterocycles. The Morgan fingerprint density at radius 2 is 2.20 bits per heavy atom. The van der Waals surface area contributed by atoms with Gasteiger partial charge in [-0.1, -0.05) is 5.16 Å². The van der Waals surface area contributed by atoms with Crippen LogP contribution in [0.25, 0.3) is 0 Å². The molecule has 1 aromatic rings. The fourth-order valence-corrected chi connectivity index (χ4v) is 3.22. The van der Waals surface area contributed by atoms with E-state index < -0.39 is 0 Å². The molecule has 2 aliphatic rings. The topological polar surface area (TPSA) is 55.6 Å². The van der Waals surface area contributed by atoms with Crippen LogP contribution in [0.2, 0.25) is 0 Å². The standard InChI is InChI=1S/C15H22N2O3/c1-11-9-14(20-16-11)13-3-2-6-17(13)15(18)10-12-4-7-19-8-5-12/h9,12-13H,2-8,10H2,1H3. The summed E-state index contributed by atoms with van der Waals surface area (Å²) in [5.41, 5.74) is 0.878. The van der Waals surface area contributed by atoms with Crippen LogP contribution in [0.15, 0.2) is 10.6 Å². The Labute approximate surface area is 119 Å². The number of ether oxygens (including phenoxy) is 1. The molecule has 3 rings (SSSR count). The SMILES string of the molecule is Cc1cc(C2CCCN2C(=O)CC2CCOCC2)on1. The first-order valence-corrected chi connectivity index (χ1v) is 7.54. The molecule has 20 heavy (non-hydrogen) atoms. The fraction of sp³-hybridized carbons (Fsp3) is 0.733. The average molecular weight is 278 g/mol. The zero-order chi connectivity index (χ0) is 13.9. The first kappa shape index (κ1) is 13.6. The van der Waals surface area contributed by atoms with Crippen molar-refractivity contribution in [2.75, 3.05) is 19.8 Å². The maximum Gasteiger partial charge on any atom is 0.223 e. The van der Waals surface area contributed by atoms with E-state index in [0.29, 0.717) is 12.3 Å². The number of amides is 1. The highest BCUT2D eigenvalue weighted by atomic mass is 16.5. The summed E-state index contributed by atoms with van der Waals surface area (Å²) in [6.07, 6.45) is 4.68. The molecule has 0 aliphatic carbocycles. The summed E-state index contributed by atoms with van der Waals surface area (Å²) in [5.74, 6) is 1.57. The van der Waals surface area contributed by atoms with Gasteiger partial charge in [0.25, 0.3) is 0 Å². The van der Waals surface area contributed by atoms with Crippen LogP contribution >= 0.6 is 0 Å². The van der Waals surface area contributed by atoms with Crippen molar-refractivity contribution in [3.8, 4) is 0 Å². The Hall–Kier alpha value is -1.36. The third kappa shape index (κ3) is 2.87. The van der Waals surface area contributed by atoms with Crippen molar-refractivity contribution in [3.05, 3.63) is 17.5 Å². The largest absolute Gasteiger partial charge is 0.381 e. The van der Waals surface area contributed by atoms with Crippen molar-refractivity contribution in [2.45, 2.75) is 45.1 Å². The van der Waals surface area contributed by atoms with Crippen molar-refractivity contribution in [3.63, 3.8) is 0 Å². The summed E-state index contributed by atoms with van der Waals surface area (Å²) < 4.78 is 10.7. The summed E-state index contributed by atoms with van der Waals surface area (Å²) >= 11 is 0. The van der Waals surface area contributed by atoms with Gasteiger partial charge in [0.2, 0.25) is 5.91 Å². The third-order valence-electron chi connectivity index (χ3n) is 4.35. The Morgan fingerprint density at radius 1 is 1.40 bits per heavy atom. The predicted molar refractivity (Wildman–Crippen MR) is 73.1 cm³/mol. The minimum Gasteiger partial charge on any atom is -0.381 e. The maximum atomic E-state index is 12.5. The molecule has 2 fully saturated rings. The summed E-state index contributed by atoms with van der Waals surface area (Å²) in [5, 5.41) is 3.94. The van der Waals surface area contributed by atoms with Gasteiger partial charge in [0.15, 0.2) is 5.76 Å². The van der Waals surface area contributed by atoms with Crippen LogP contribution in [0.1, 0.15) is 49.6 Å². The molecule has 3 heterocycles. The van der Waals surface area contributed by atoms with Crippen LogP contribution in [0, 0.1) is 12.8 Å². The van der Waals surface area contributed by atoms with Crippen LogP contribution < -0.4 is 0 Å². The monoisotopic (exact) mass is 278 g/mol. The fourth-order valence-electron chi connectivity index (χ4n) is 3.22. The lowest BCUT2D eigenvalue weighted by Crippen LogP contribution is -2.32. The first-order valence-electron chi connectivity index (χ1n) is 7.54. The molecular weight excluding hydrogens is 256 g/mol. The van der Waals surface area contributed by atoms with Crippen LogP contribution in [-0.2, 0) is 9.53 Å². The van der Waals surface area contributed by atoms with Gasteiger partial charge in [-0.05, 0) is 38.5 Å². The zero-order valence-corrected chi connectivity index (χ0v) is 12.0. The lowest BCUT2D eigenvalue weighted by molar-refractivity contribution is -0.134. The normalized spacial score (nSPS) is 24.2. The Morgan fingerprint density at radius 3 is 2.90 bits per heavy atom. The highest BCUT2D eigenvalue weighted by Gasteiger charge is 2.33. The van der Waals surface area contributed by atoms with Gasteiger partial charge in [0, 0.05) is 32.2 Å². The van der Waals surface area contributed by atoms with E-state index in [4.69, 9.17) is 9.26 Å². The van der Waals surface area contributed by atoms with Gasteiger partial charge >= 0.3 is 0 Å². The molecule has 2 aliphatic heterocycles. The Balaban J connectivity index is 1.63. The molecule has 0 spiro atoms. The molecule has 5 heteroatoms. The average Bonchev–Trinajstić information content (AvgIpc) is 3.08. The zero-order valence-electron chi connectivity index (χ0n) is 12.0. The molecule has 0 bridgehead atoms. The smallest absolute Gasteiger partial charge is 0.223 e. The number of hydrogen-bond acceptors (Lipinski definition) is 4. The van der Waals surface area contributed by atoms with Crippen molar-refractivity contribution in [1.29, 1.82) is 0 Å². The quantitative estimate of drug-likeness (QED) is 0.852. The van der Waals surface area contributed by atoms with E-state index in [0.717, 1.165) is 56.9 Å². The molecule has 1 atom stereocenters. The molecule has 0 N–H and O–H groups in total. The van der Waals surface area contributed by atoms with Crippen LogP contribution in [0.4, 0.5) is 0 Å². The predicted octanol–water partition coefficient (Wildman–Crippen LogP) is 2.46. The van der Waals surface area contributed by atoms with Gasteiger partial charge in [-0.15, -0.1) is 0 Å². The number of carbonyl (C=O) groups excluding carboxylic acids is 1. The minimum atomic E-state index is 0.0866. The minimum absolute atomic E-state index is 0.0866. The van der Waals surface area contributed by atoms with E-state index in [2.05, 4.69) is 5.16 Å². The van der Waals surface area contributed by atoms with E-state index in [-0.39, 0.29) is 11.9 Å². The Bertz CT molecular complexity index is 465. The van der Waals surface area contributed by atoms with Crippen molar-refractivity contribution < 1.29 is 14.1 Å². The van der Waals surface area contributed by atoms with Gasteiger partial charge in [0.1, 0.15) is 0 Å². The van der Waals surface area contributed by atoms with Gasteiger partial charge in [0.05, 0.1) is 11.7 Å². The van der Waals surface area contributed by atoms with Crippen LogP contribution in [0.5, 0.6) is 0 Å². The lowest BCUT2D eigenvalue weighted by atomic mass is 9.95. The van der Waals surface area contributed by atoms with E-state index in [1.165, 1.54) is 0 Å². The van der Waals surface area contributed by atoms with Gasteiger partial charge < -0.3 is 14.2 Å². The number of carbonyl (C=O) groups is 1. The summed E-state index contributed by atoms with van der Waals surface area (Å²) in [6.45, 7) is 4.34. The van der Waals surface area contributed by atoms with Crippen molar-refractivity contribution in [2.24, 2.45) is 5.92 Å². The first-order chi connectivity index (χ1) is 9.74. The van der Waals surface area contributed by atoms with E-state index in [1.807, 2.05) is 17.9 Å². The highest BCUT2D eigenvalue weighted by molar-refractivity contribution is 5.77. The summed E-state index contributed by atoms with van der Waals surface area (Å²) in [7, 11) is 0. The van der Waals surface area contributed by atoms with Gasteiger partial charge in [-0.25, -0.2) is 0 Å². The molecule has 1 aromatic heterocycles. The second kappa shape index (κ2) is 5.95. The second-order valence-electron chi connectivity index (χ2n) is 5.88. The van der Waals surface area contributed by atoms with Gasteiger partial charge in [-0.2, -0.15) is 0 Å². The number of aryl methyl sites for hydroxylation is 1. The second-order valence-corrected chi connectivity index (χ2v) is 5.88. The van der Waals surface area contributed by atoms with Crippen LogP contribution in [0.3, 0.4) is 0 Å². The van der Waals surface area contributed by atoms with Crippen molar-refractivity contribution >= 4 is 5.91 Å². The number of hydrogen-bond donors (Lipinski definition) is 0. The number of aromatic nitrogens is 1. The lowest BCUT2D eigenvalue weighted by Gasteiger charge is -2.27. The molecule has 1 amide bonds. The summed E-state index contributed by atoms with van der Waals surface area (Å²) in [4.78, 5) is 14.5. The van der Waals surface area contributed by atoms with Crippen molar-refractivity contribution in [1.82, 2.24) is 10.1 Å². The number of rotatable bonds is 3. The highest BCUT2D eigenvalue weighted by Crippen LogP contribution is 2.33. The molecule has 1 unspecified atom stereocenters. The van der Waals surface area contributed by atoms with Crippen LogP contribution in [-0.4, -0.2) is 35.7 Å². The molecule has 0 saturated carbocycles. The number of nitrogens with zero attached hydrogens (tertiary/aromatic N) is 2. The molecular formula is C15H22N2O3. The van der Waals surface area contributed by atoms with Gasteiger partial charge in [-0.3, -0.25) is 4.79 Å². The molecule has 5 nitrogen and oxygen atoms in total.